The van der Waals surface area contributed by atoms with Crippen LogP contribution < -0.4 is 0 Å². The van der Waals surface area contributed by atoms with E-state index in [0.717, 1.165) is 5.69 Å². The molecule has 0 aliphatic heterocycles. The number of pyridine rings is 1. The van der Waals surface area contributed by atoms with Crippen LogP contribution in [0.15, 0.2) is 24.3 Å². The number of phenols is 1. The lowest BCUT2D eigenvalue weighted by atomic mass is 10.1. The molecular formula is C11H8AlN2O. The summed E-state index contributed by atoms with van der Waals surface area (Å²) in [4.78, 5) is 4.18. The molecular weight excluding hydrogens is 203 g/mol. The highest BCUT2D eigenvalue weighted by molar-refractivity contribution is 5.89. The minimum Gasteiger partial charge on any atom is -0.506 e. The molecule has 0 bridgehead atoms. The van der Waals surface area contributed by atoms with Crippen LogP contribution in [0.25, 0.3) is 10.9 Å². The van der Waals surface area contributed by atoms with Crippen LogP contribution in [0, 0.1) is 18.3 Å². The third kappa shape index (κ3) is 1.94. The van der Waals surface area contributed by atoms with Crippen molar-refractivity contribution in [2.24, 2.45) is 0 Å². The fourth-order valence-corrected chi connectivity index (χ4v) is 1.40. The largest absolute Gasteiger partial charge is 0.506 e. The predicted octanol–water partition coefficient (Wildman–Crippen LogP) is 1.74. The first kappa shape index (κ1) is 11.5. The number of phenolic OH excluding ortho intramolecular Hbond substituents is 1. The lowest BCUT2D eigenvalue weighted by molar-refractivity contribution is 0.480. The molecule has 0 saturated heterocycles. The molecule has 0 fully saturated rings. The van der Waals surface area contributed by atoms with Crippen LogP contribution in [0.1, 0.15) is 11.3 Å². The zero-order valence-electron chi connectivity index (χ0n) is 8.23. The average Bonchev–Trinajstić information content (AvgIpc) is 2.19. The van der Waals surface area contributed by atoms with Crippen LogP contribution in [0.2, 0.25) is 0 Å². The van der Waals surface area contributed by atoms with Gasteiger partial charge in [0.1, 0.15) is 11.3 Å². The summed E-state index contributed by atoms with van der Waals surface area (Å²) in [7, 11) is 0. The van der Waals surface area contributed by atoms with Gasteiger partial charge in [-0.2, -0.15) is 5.26 Å². The van der Waals surface area contributed by atoms with Gasteiger partial charge in [-0.05, 0) is 31.2 Å². The first-order chi connectivity index (χ1) is 6.72. The second-order valence-electron chi connectivity index (χ2n) is 3.09. The molecule has 0 spiro atoms. The second kappa shape index (κ2) is 4.32. The summed E-state index contributed by atoms with van der Waals surface area (Å²) >= 11 is 0. The number of aromatic nitrogens is 1. The summed E-state index contributed by atoms with van der Waals surface area (Å²) in [5.74, 6) is 0.114. The van der Waals surface area contributed by atoms with Gasteiger partial charge in [0.25, 0.3) is 0 Å². The van der Waals surface area contributed by atoms with Crippen LogP contribution >= 0.6 is 0 Å². The van der Waals surface area contributed by atoms with Gasteiger partial charge >= 0.3 is 0 Å². The van der Waals surface area contributed by atoms with E-state index in [1.807, 2.05) is 13.0 Å². The van der Waals surface area contributed by atoms with Crippen molar-refractivity contribution in [2.75, 3.05) is 0 Å². The molecule has 0 aliphatic carbocycles. The van der Waals surface area contributed by atoms with Crippen LogP contribution in [0.3, 0.4) is 0 Å². The molecule has 15 heavy (non-hydrogen) atoms. The Hall–Kier alpha value is -1.55. The Labute approximate surface area is 98.1 Å². The molecule has 1 N–H and O–H groups in total. The minimum atomic E-state index is 0. The van der Waals surface area contributed by atoms with E-state index in [1.165, 1.54) is 6.07 Å². The summed E-state index contributed by atoms with van der Waals surface area (Å²) in [6, 6.07) is 8.77. The monoisotopic (exact) mass is 211 g/mol. The van der Waals surface area contributed by atoms with E-state index in [-0.39, 0.29) is 23.1 Å². The molecule has 2 rings (SSSR count). The highest BCUT2D eigenvalue weighted by Crippen LogP contribution is 2.25. The third-order valence-electron chi connectivity index (χ3n) is 2.10. The van der Waals surface area contributed by atoms with Gasteiger partial charge in [0.15, 0.2) is 0 Å². The van der Waals surface area contributed by atoms with Gasteiger partial charge in [0.2, 0.25) is 0 Å². The summed E-state index contributed by atoms with van der Waals surface area (Å²) in [5.41, 5.74) is 1.84. The zero-order chi connectivity index (χ0) is 10.1. The second-order valence-corrected chi connectivity index (χ2v) is 3.09. The molecule has 4 heteroatoms. The maximum atomic E-state index is 9.54. The van der Waals surface area contributed by atoms with Crippen LogP contribution in [0.4, 0.5) is 0 Å². The highest BCUT2D eigenvalue weighted by atomic mass is 27.0. The molecule has 0 saturated carbocycles. The summed E-state index contributed by atoms with van der Waals surface area (Å²) in [6.45, 7) is 1.85. The molecule has 1 heterocycles. The summed E-state index contributed by atoms with van der Waals surface area (Å²) in [5, 5.41) is 19.1. The molecule has 2 aromatic rings. The Balaban J connectivity index is 0.00000112. The van der Waals surface area contributed by atoms with Gasteiger partial charge in [-0.25, -0.2) is 4.98 Å². The Morgan fingerprint density at radius 3 is 2.67 bits per heavy atom. The van der Waals surface area contributed by atoms with Crippen molar-refractivity contribution in [1.82, 2.24) is 4.98 Å². The van der Waals surface area contributed by atoms with Gasteiger partial charge in [-0.3, -0.25) is 0 Å². The SMILES string of the molecule is Cc1ccc2c(C#N)ccc(O)c2n1.[Al]. The summed E-state index contributed by atoms with van der Waals surface area (Å²) in [6.07, 6.45) is 0. The van der Waals surface area contributed by atoms with Crippen molar-refractivity contribution in [2.45, 2.75) is 6.92 Å². The van der Waals surface area contributed by atoms with Gasteiger partial charge in [-0.1, -0.05) is 0 Å². The first-order valence-corrected chi connectivity index (χ1v) is 4.22. The van der Waals surface area contributed by atoms with Gasteiger partial charge in [-0.15, -0.1) is 0 Å². The van der Waals surface area contributed by atoms with E-state index in [4.69, 9.17) is 5.26 Å². The van der Waals surface area contributed by atoms with Gasteiger partial charge in [0, 0.05) is 28.4 Å². The van der Waals surface area contributed by atoms with Gasteiger partial charge < -0.3 is 5.11 Å². The number of aryl methyl sites for hydroxylation is 1. The third-order valence-corrected chi connectivity index (χ3v) is 2.10. The molecule has 0 aliphatic rings. The number of nitriles is 1. The zero-order valence-corrected chi connectivity index (χ0v) is 9.38. The van der Waals surface area contributed by atoms with E-state index in [1.54, 1.807) is 12.1 Å². The molecule has 0 unspecified atom stereocenters. The van der Waals surface area contributed by atoms with E-state index in [9.17, 15) is 5.11 Å². The van der Waals surface area contributed by atoms with E-state index < -0.39 is 0 Å². The number of nitrogens with zero attached hydrogens (tertiary/aromatic N) is 2. The molecule has 1 aromatic heterocycles. The average molecular weight is 211 g/mol. The fraction of sp³-hybridized carbons (Fsp3) is 0.0909. The molecule has 3 radical (unpaired) electrons. The Morgan fingerprint density at radius 1 is 1.27 bits per heavy atom. The Morgan fingerprint density at radius 2 is 2.00 bits per heavy atom. The smallest absolute Gasteiger partial charge is 0.141 e. The lowest BCUT2D eigenvalue weighted by Crippen LogP contribution is -1.86. The Kier molecular flexibility index (Phi) is 3.32. The Bertz CT molecular complexity index is 546. The number of hydrogen-bond acceptors (Lipinski definition) is 3. The van der Waals surface area contributed by atoms with Crippen molar-refractivity contribution in [3.63, 3.8) is 0 Å². The molecule has 1 aromatic carbocycles. The molecule has 0 amide bonds. The number of fused-ring (bicyclic) bond motifs is 1. The molecule has 0 atom stereocenters. The normalized spacial score (nSPS) is 9.33. The number of rotatable bonds is 0. The molecule has 3 nitrogen and oxygen atoms in total. The maximum absolute atomic E-state index is 9.54. The van der Waals surface area contributed by atoms with Gasteiger partial charge in [0.05, 0.1) is 11.6 Å². The first-order valence-electron chi connectivity index (χ1n) is 4.22. The number of hydrogen-bond donors (Lipinski definition) is 1. The van der Waals surface area contributed by atoms with Crippen molar-refractivity contribution in [1.29, 1.82) is 5.26 Å². The highest BCUT2D eigenvalue weighted by Gasteiger charge is 2.05. The van der Waals surface area contributed by atoms with Crippen LogP contribution in [0.5, 0.6) is 5.75 Å². The molecule has 71 valence electrons. The van der Waals surface area contributed by atoms with Crippen LogP contribution in [-0.2, 0) is 0 Å². The summed E-state index contributed by atoms with van der Waals surface area (Å²) < 4.78 is 0. The standard InChI is InChI=1S/C11H8N2O.Al/c1-7-2-4-9-8(6-12)3-5-10(14)11(9)13-7;/h2-5,14H,1H3;. The number of benzene rings is 1. The van der Waals surface area contributed by atoms with Crippen molar-refractivity contribution < 1.29 is 5.11 Å². The van der Waals surface area contributed by atoms with E-state index >= 15 is 0 Å². The predicted molar refractivity (Wildman–Crippen MR) is 58.6 cm³/mol. The number of aromatic hydroxyl groups is 1. The minimum absolute atomic E-state index is 0. The van der Waals surface area contributed by atoms with Crippen molar-refractivity contribution >= 4 is 28.3 Å². The topological polar surface area (TPSA) is 56.9 Å². The van der Waals surface area contributed by atoms with Crippen molar-refractivity contribution in [3.8, 4) is 11.8 Å². The van der Waals surface area contributed by atoms with E-state index in [0.29, 0.717) is 16.5 Å². The fourth-order valence-electron chi connectivity index (χ4n) is 1.40. The van der Waals surface area contributed by atoms with Crippen molar-refractivity contribution in [3.05, 3.63) is 35.5 Å². The van der Waals surface area contributed by atoms with Crippen LogP contribution in [-0.4, -0.2) is 27.5 Å². The quantitative estimate of drug-likeness (QED) is 0.675. The van der Waals surface area contributed by atoms with E-state index in [2.05, 4.69) is 11.1 Å². The lowest BCUT2D eigenvalue weighted by Gasteiger charge is -2.02. The maximum Gasteiger partial charge on any atom is 0.141 e.